The number of nitro benzene ring substituents is 1. The Hall–Kier alpha value is -1.99. The highest BCUT2D eigenvalue weighted by Gasteiger charge is 2.22. The van der Waals surface area contributed by atoms with Gasteiger partial charge < -0.3 is 10.4 Å². The number of aliphatic hydroxyl groups is 1. The van der Waals surface area contributed by atoms with Gasteiger partial charge in [0.05, 0.1) is 4.92 Å². The number of amides is 1. The molecular formula is C17H25N3O4. The molecule has 1 fully saturated rings. The minimum Gasteiger partial charge on any atom is -0.396 e. The summed E-state index contributed by atoms with van der Waals surface area (Å²) in [5, 5.41) is 22.7. The lowest BCUT2D eigenvalue weighted by Gasteiger charge is -2.35. The fourth-order valence-corrected chi connectivity index (χ4v) is 3.19. The largest absolute Gasteiger partial charge is 0.396 e. The first kappa shape index (κ1) is 18.4. The van der Waals surface area contributed by atoms with E-state index in [1.165, 1.54) is 18.6 Å². The van der Waals surface area contributed by atoms with Gasteiger partial charge in [0.2, 0.25) is 5.91 Å². The molecule has 0 aliphatic carbocycles. The van der Waals surface area contributed by atoms with Gasteiger partial charge in [-0.05, 0) is 44.4 Å². The second-order valence-electron chi connectivity index (χ2n) is 6.25. The predicted molar refractivity (Wildman–Crippen MR) is 92.0 cm³/mol. The van der Waals surface area contributed by atoms with E-state index in [9.17, 15) is 14.9 Å². The Morgan fingerprint density at radius 2 is 2.25 bits per heavy atom. The van der Waals surface area contributed by atoms with Crippen molar-refractivity contribution in [1.82, 2.24) is 4.90 Å². The first-order chi connectivity index (χ1) is 11.5. The topological polar surface area (TPSA) is 95.7 Å². The Morgan fingerprint density at radius 3 is 2.92 bits per heavy atom. The molecule has 0 aromatic heterocycles. The summed E-state index contributed by atoms with van der Waals surface area (Å²) >= 11 is 0. The van der Waals surface area contributed by atoms with Crippen LogP contribution in [0.25, 0.3) is 0 Å². The Kier molecular flexibility index (Phi) is 6.69. The van der Waals surface area contributed by atoms with Crippen LogP contribution in [0.1, 0.15) is 37.7 Å². The molecule has 1 unspecified atom stereocenters. The lowest BCUT2D eigenvalue weighted by molar-refractivity contribution is -0.384. The maximum atomic E-state index is 12.2. The van der Waals surface area contributed by atoms with E-state index in [-0.39, 0.29) is 18.2 Å². The summed E-state index contributed by atoms with van der Waals surface area (Å²) in [6.07, 6.45) is 4.51. The quantitative estimate of drug-likeness (QED) is 0.589. The second-order valence-corrected chi connectivity index (χ2v) is 6.25. The van der Waals surface area contributed by atoms with Crippen LogP contribution in [0.3, 0.4) is 0 Å². The van der Waals surface area contributed by atoms with Crippen LogP contribution in [0.5, 0.6) is 0 Å². The van der Waals surface area contributed by atoms with E-state index in [1.54, 1.807) is 13.0 Å². The highest BCUT2D eigenvalue weighted by atomic mass is 16.6. The van der Waals surface area contributed by atoms with Crippen molar-refractivity contribution < 1.29 is 14.8 Å². The number of aryl methyl sites for hydroxylation is 1. The average Bonchev–Trinajstić information content (AvgIpc) is 2.56. The van der Waals surface area contributed by atoms with E-state index in [4.69, 9.17) is 5.11 Å². The average molecular weight is 335 g/mol. The van der Waals surface area contributed by atoms with Crippen molar-refractivity contribution in [1.29, 1.82) is 0 Å². The molecule has 1 aliphatic heterocycles. The van der Waals surface area contributed by atoms with Gasteiger partial charge in [0.1, 0.15) is 0 Å². The molecule has 1 heterocycles. The number of rotatable bonds is 7. The minimum atomic E-state index is -0.448. The van der Waals surface area contributed by atoms with Gasteiger partial charge in [-0.2, -0.15) is 0 Å². The van der Waals surface area contributed by atoms with Crippen LogP contribution >= 0.6 is 0 Å². The Bertz CT molecular complexity index is 589. The molecule has 1 aromatic rings. The SMILES string of the molecule is Cc1cc([N+](=O)[O-])ccc1NC(=O)CCN1CCCCC1CCO. The van der Waals surface area contributed by atoms with Gasteiger partial charge in [-0.1, -0.05) is 6.42 Å². The van der Waals surface area contributed by atoms with E-state index in [0.29, 0.717) is 30.3 Å². The maximum absolute atomic E-state index is 12.2. The first-order valence-corrected chi connectivity index (χ1v) is 8.41. The Morgan fingerprint density at radius 1 is 1.46 bits per heavy atom. The van der Waals surface area contributed by atoms with Crippen molar-refractivity contribution >= 4 is 17.3 Å². The number of aliphatic hydroxyl groups excluding tert-OH is 1. The molecule has 1 atom stereocenters. The van der Waals surface area contributed by atoms with Gasteiger partial charge >= 0.3 is 0 Å². The van der Waals surface area contributed by atoms with Crippen molar-refractivity contribution in [3.63, 3.8) is 0 Å². The lowest BCUT2D eigenvalue weighted by Crippen LogP contribution is -2.41. The molecule has 0 bridgehead atoms. The molecule has 0 saturated carbocycles. The van der Waals surface area contributed by atoms with Crippen molar-refractivity contribution in [3.8, 4) is 0 Å². The summed E-state index contributed by atoms with van der Waals surface area (Å²) < 4.78 is 0. The fraction of sp³-hybridized carbons (Fsp3) is 0.588. The van der Waals surface area contributed by atoms with Gasteiger partial charge in [0.25, 0.3) is 5.69 Å². The molecule has 0 radical (unpaired) electrons. The summed E-state index contributed by atoms with van der Waals surface area (Å²) in [5.74, 6) is -0.0970. The zero-order valence-electron chi connectivity index (χ0n) is 14.0. The van der Waals surface area contributed by atoms with E-state index >= 15 is 0 Å². The van der Waals surface area contributed by atoms with Gasteiger partial charge in [0, 0.05) is 43.4 Å². The number of nitrogens with one attached hydrogen (secondary N) is 1. The van der Waals surface area contributed by atoms with E-state index in [0.717, 1.165) is 25.8 Å². The number of hydrogen-bond acceptors (Lipinski definition) is 5. The van der Waals surface area contributed by atoms with Crippen LogP contribution in [0.2, 0.25) is 0 Å². The second kappa shape index (κ2) is 8.75. The molecule has 1 aromatic carbocycles. The molecule has 1 saturated heterocycles. The molecule has 1 amide bonds. The predicted octanol–water partition coefficient (Wildman–Crippen LogP) is 2.47. The highest BCUT2D eigenvalue weighted by Crippen LogP contribution is 2.22. The van der Waals surface area contributed by atoms with Gasteiger partial charge in [-0.3, -0.25) is 19.8 Å². The van der Waals surface area contributed by atoms with Crippen LogP contribution in [0, 0.1) is 17.0 Å². The molecule has 132 valence electrons. The zero-order valence-corrected chi connectivity index (χ0v) is 14.0. The number of likely N-dealkylation sites (tertiary alicyclic amines) is 1. The number of nitro groups is 1. The number of piperidine rings is 1. The third-order valence-corrected chi connectivity index (χ3v) is 4.53. The number of carbonyl (C=O) groups excluding carboxylic acids is 1. The molecule has 7 nitrogen and oxygen atoms in total. The van der Waals surface area contributed by atoms with Gasteiger partial charge in [0.15, 0.2) is 0 Å². The maximum Gasteiger partial charge on any atom is 0.269 e. The molecular weight excluding hydrogens is 310 g/mol. The minimum absolute atomic E-state index is 0.0191. The Labute approximate surface area is 141 Å². The number of hydrogen-bond donors (Lipinski definition) is 2. The molecule has 0 spiro atoms. The first-order valence-electron chi connectivity index (χ1n) is 8.41. The summed E-state index contributed by atoms with van der Waals surface area (Å²) in [6, 6.07) is 4.78. The number of non-ortho nitro benzene ring substituents is 1. The third kappa shape index (κ3) is 5.01. The number of nitrogens with zero attached hydrogens (tertiary/aromatic N) is 2. The summed E-state index contributed by atoms with van der Waals surface area (Å²) in [7, 11) is 0. The molecule has 24 heavy (non-hydrogen) atoms. The molecule has 1 aliphatic rings. The van der Waals surface area contributed by atoms with Crippen molar-refractivity contribution in [2.45, 2.75) is 45.1 Å². The number of anilines is 1. The fourth-order valence-electron chi connectivity index (χ4n) is 3.19. The van der Waals surface area contributed by atoms with Gasteiger partial charge in [-0.15, -0.1) is 0 Å². The smallest absolute Gasteiger partial charge is 0.269 e. The van der Waals surface area contributed by atoms with Crippen LogP contribution in [0.15, 0.2) is 18.2 Å². The van der Waals surface area contributed by atoms with Crippen molar-refractivity contribution in [3.05, 3.63) is 33.9 Å². The number of benzene rings is 1. The lowest BCUT2D eigenvalue weighted by atomic mass is 9.99. The van der Waals surface area contributed by atoms with E-state index in [1.807, 2.05) is 0 Å². The van der Waals surface area contributed by atoms with Crippen LogP contribution < -0.4 is 5.32 Å². The van der Waals surface area contributed by atoms with Crippen molar-refractivity contribution in [2.75, 3.05) is 25.0 Å². The van der Waals surface area contributed by atoms with Gasteiger partial charge in [-0.25, -0.2) is 0 Å². The standard InChI is InChI=1S/C17H25N3O4/c1-13-12-15(20(23)24)5-6-16(13)18-17(22)7-10-19-9-3-2-4-14(19)8-11-21/h5-6,12,14,21H,2-4,7-11H2,1H3,(H,18,22). The summed E-state index contributed by atoms with van der Waals surface area (Å²) in [4.78, 5) is 24.7. The third-order valence-electron chi connectivity index (χ3n) is 4.53. The summed E-state index contributed by atoms with van der Waals surface area (Å²) in [5.41, 5.74) is 1.30. The molecule has 2 rings (SSSR count). The normalized spacial score (nSPS) is 18.3. The highest BCUT2D eigenvalue weighted by molar-refractivity contribution is 5.91. The van der Waals surface area contributed by atoms with E-state index in [2.05, 4.69) is 10.2 Å². The number of carbonyl (C=O) groups is 1. The van der Waals surface area contributed by atoms with E-state index < -0.39 is 4.92 Å². The van der Waals surface area contributed by atoms with Crippen molar-refractivity contribution in [2.24, 2.45) is 0 Å². The monoisotopic (exact) mass is 335 g/mol. The Balaban J connectivity index is 1.87. The summed E-state index contributed by atoms with van der Waals surface area (Å²) in [6.45, 7) is 3.55. The zero-order chi connectivity index (χ0) is 17.5. The molecule has 7 heteroatoms. The van der Waals surface area contributed by atoms with Crippen LogP contribution in [-0.2, 0) is 4.79 Å². The van der Waals surface area contributed by atoms with Crippen LogP contribution in [-0.4, -0.2) is 46.6 Å². The van der Waals surface area contributed by atoms with Crippen LogP contribution in [0.4, 0.5) is 11.4 Å². The molecule has 2 N–H and O–H groups in total.